The summed E-state index contributed by atoms with van der Waals surface area (Å²) < 4.78 is 13.4. The fourth-order valence-electron chi connectivity index (χ4n) is 3.57. The molecule has 1 aliphatic rings. The van der Waals surface area contributed by atoms with E-state index in [4.69, 9.17) is 0 Å². The molecule has 1 aliphatic heterocycles. The summed E-state index contributed by atoms with van der Waals surface area (Å²) in [5.41, 5.74) is 3.20. The zero-order chi connectivity index (χ0) is 20.2. The maximum atomic E-state index is 13.4. The van der Waals surface area contributed by atoms with Crippen LogP contribution >= 0.6 is 0 Å². The summed E-state index contributed by atoms with van der Waals surface area (Å²) in [6, 6.07) is 16.6. The summed E-state index contributed by atoms with van der Waals surface area (Å²) in [4.78, 5) is 31.3. The van der Waals surface area contributed by atoms with Crippen LogP contribution < -0.4 is 5.32 Å². The molecule has 0 saturated heterocycles. The molecule has 0 unspecified atom stereocenters. The van der Waals surface area contributed by atoms with Gasteiger partial charge in [0.1, 0.15) is 5.82 Å². The number of hydrogen-bond donors (Lipinski definition) is 1. The summed E-state index contributed by atoms with van der Waals surface area (Å²) in [7, 11) is 0. The number of amides is 2. The average molecular weight is 389 g/mol. The molecule has 146 valence electrons. The minimum Gasteiger partial charge on any atom is -0.352 e. The van der Waals surface area contributed by atoms with E-state index in [0.29, 0.717) is 18.7 Å². The monoisotopic (exact) mass is 389 g/mol. The normalized spacial score (nSPS) is 13.8. The highest BCUT2D eigenvalue weighted by Crippen LogP contribution is 2.33. The van der Waals surface area contributed by atoms with Crippen molar-refractivity contribution in [2.45, 2.75) is 25.6 Å². The molecular formula is C23H20FN3O2. The molecule has 3 aromatic rings. The number of nitrogens with zero attached hydrogens (tertiary/aromatic N) is 2. The van der Waals surface area contributed by atoms with Crippen molar-refractivity contribution in [1.82, 2.24) is 15.2 Å². The van der Waals surface area contributed by atoms with Crippen molar-refractivity contribution in [3.05, 3.63) is 101 Å². The predicted octanol–water partition coefficient (Wildman–Crippen LogP) is 3.62. The van der Waals surface area contributed by atoms with Crippen LogP contribution in [0.4, 0.5) is 4.39 Å². The molecule has 0 spiro atoms. The second-order valence-corrected chi connectivity index (χ2v) is 7.00. The quantitative estimate of drug-likeness (QED) is 0.700. The summed E-state index contributed by atoms with van der Waals surface area (Å²) in [6.07, 6.45) is 3.45. The molecule has 2 heterocycles. The highest BCUT2D eigenvalue weighted by atomic mass is 19.1. The highest BCUT2D eigenvalue weighted by molar-refractivity contribution is 5.98. The van der Waals surface area contributed by atoms with Gasteiger partial charge in [0.2, 0.25) is 5.91 Å². The average Bonchev–Trinajstić information content (AvgIpc) is 3.08. The van der Waals surface area contributed by atoms with Gasteiger partial charge in [-0.25, -0.2) is 4.39 Å². The van der Waals surface area contributed by atoms with Crippen LogP contribution in [0.15, 0.2) is 73.1 Å². The number of carbonyl (C=O) groups excluding carboxylic acids is 2. The summed E-state index contributed by atoms with van der Waals surface area (Å²) in [5.74, 6) is -0.661. The smallest absolute Gasteiger partial charge is 0.255 e. The molecule has 2 amide bonds. The van der Waals surface area contributed by atoms with Gasteiger partial charge in [-0.05, 0) is 41.0 Å². The molecule has 0 fully saturated rings. The number of halogens is 1. The fourth-order valence-corrected chi connectivity index (χ4v) is 3.57. The molecule has 5 nitrogen and oxygen atoms in total. The lowest BCUT2D eigenvalue weighted by Crippen LogP contribution is -2.34. The first-order valence-corrected chi connectivity index (χ1v) is 9.42. The van der Waals surface area contributed by atoms with Crippen molar-refractivity contribution in [2.24, 2.45) is 0 Å². The molecule has 4 rings (SSSR count). The molecule has 1 atom stereocenters. The van der Waals surface area contributed by atoms with E-state index in [2.05, 4.69) is 10.3 Å². The first-order chi connectivity index (χ1) is 14.1. The van der Waals surface area contributed by atoms with Gasteiger partial charge in [-0.1, -0.05) is 36.4 Å². The minimum atomic E-state index is -0.482. The first kappa shape index (κ1) is 18.8. The molecule has 29 heavy (non-hydrogen) atoms. The Labute approximate surface area is 168 Å². The van der Waals surface area contributed by atoms with Gasteiger partial charge in [0.15, 0.2) is 0 Å². The third-order valence-electron chi connectivity index (χ3n) is 5.07. The molecule has 0 bridgehead atoms. The van der Waals surface area contributed by atoms with Gasteiger partial charge in [-0.2, -0.15) is 0 Å². The van der Waals surface area contributed by atoms with E-state index in [1.165, 1.54) is 12.1 Å². The summed E-state index contributed by atoms with van der Waals surface area (Å²) >= 11 is 0. The number of benzene rings is 2. The van der Waals surface area contributed by atoms with E-state index in [0.717, 1.165) is 16.7 Å². The predicted molar refractivity (Wildman–Crippen MR) is 106 cm³/mol. The Hall–Kier alpha value is -3.54. The van der Waals surface area contributed by atoms with E-state index < -0.39 is 6.04 Å². The van der Waals surface area contributed by atoms with Crippen LogP contribution in [0.1, 0.15) is 39.5 Å². The molecule has 2 aromatic carbocycles. The van der Waals surface area contributed by atoms with Gasteiger partial charge in [0.25, 0.3) is 5.91 Å². The van der Waals surface area contributed by atoms with Gasteiger partial charge in [-0.3, -0.25) is 14.6 Å². The van der Waals surface area contributed by atoms with E-state index in [-0.39, 0.29) is 24.1 Å². The lowest BCUT2D eigenvalue weighted by atomic mass is 10.0. The Kier molecular flexibility index (Phi) is 5.33. The van der Waals surface area contributed by atoms with Crippen LogP contribution in [-0.2, 0) is 17.9 Å². The Morgan fingerprint density at radius 3 is 2.62 bits per heavy atom. The number of hydrogen-bond acceptors (Lipinski definition) is 3. The Bertz CT molecular complexity index is 1020. The van der Waals surface area contributed by atoms with Gasteiger partial charge < -0.3 is 10.2 Å². The topological polar surface area (TPSA) is 62.3 Å². The molecule has 6 heteroatoms. The maximum absolute atomic E-state index is 13.4. The van der Waals surface area contributed by atoms with Gasteiger partial charge in [-0.15, -0.1) is 0 Å². The summed E-state index contributed by atoms with van der Waals surface area (Å²) in [5, 5.41) is 2.88. The third-order valence-corrected chi connectivity index (χ3v) is 5.07. The number of pyridine rings is 1. The van der Waals surface area contributed by atoms with Crippen LogP contribution in [0.5, 0.6) is 0 Å². The Balaban J connectivity index is 1.54. The molecule has 0 aliphatic carbocycles. The molecule has 1 aromatic heterocycles. The van der Waals surface area contributed by atoms with Crippen LogP contribution in [0.3, 0.4) is 0 Å². The summed E-state index contributed by atoms with van der Waals surface area (Å²) in [6.45, 7) is 0.782. The van der Waals surface area contributed by atoms with Gasteiger partial charge in [0, 0.05) is 31.0 Å². The van der Waals surface area contributed by atoms with Gasteiger partial charge in [0.05, 0.1) is 12.5 Å². The Morgan fingerprint density at radius 1 is 1.10 bits per heavy atom. The minimum absolute atomic E-state index is 0.0889. The molecular weight excluding hydrogens is 369 g/mol. The van der Waals surface area contributed by atoms with Crippen molar-refractivity contribution < 1.29 is 14.0 Å². The van der Waals surface area contributed by atoms with Crippen LogP contribution in [0.2, 0.25) is 0 Å². The number of fused-ring (bicyclic) bond motifs is 1. The molecule has 1 N–H and O–H groups in total. The Morgan fingerprint density at radius 2 is 1.90 bits per heavy atom. The van der Waals surface area contributed by atoms with E-state index >= 15 is 0 Å². The lowest BCUT2D eigenvalue weighted by molar-refractivity contribution is -0.122. The zero-order valence-electron chi connectivity index (χ0n) is 15.7. The van der Waals surface area contributed by atoms with Crippen molar-refractivity contribution in [3.63, 3.8) is 0 Å². The van der Waals surface area contributed by atoms with Crippen LogP contribution in [0.25, 0.3) is 0 Å². The SMILES string of the molecule is O=C(C[C@@H](c1ccc(F)cc1)N1Cc2ccccc2C1=O)NCc1cccnc1. The second kappa shape index (κ2) is 8.22. The van der Waals surface area contributed by atoms with Crippen LogP contribution in [-0.4, -0.2) is 21.7 Å². The van der Waals surface area contributed by atoms with Crippen molar-refractivity contribution >= 4 is 11.8 Å². The highest BCUT2D eigenvalue weighted by Gasteiger charge is 2.34. The standard InChI is InChI=1S/C23H20FN3O2/c24-19-9-7-17(8-10-19)21(12-22(28)26-14-16-4-3-11-25-13-16)27-15-18-5-1-2-6-20(18)23(27)29/h1-11,13,21H,12,14-15H2,(H,26,28)/t21-/m0/s1. The zero-order valence-corrected chi connectivity index (χ0v) is 15.7. The van der Waals surface area contributed by atoms with Crippen LogP contribution in [0, 0.1) is 5.82 Å². The van der Waals surface area contributed by atoms with Crippen molar-refractivity contribution in [2.75, 3.05) is 0 Å². The van der Waals surface area contributed by atoms with E-state index in [9.17, 15) is 14.0 Å². The molecule has 0 radical (unpaired) electrons. The third kappa shape index (κ3) is 4.16. The van der Waals surface area contributed by atoms with Crippen molar-refractivity contribution in [1.29, 1.82) is 0 Å². The van der Waals surface area contributed by atoms with E-state index in [1.807, 2.05) is 30.3 Å². The van der Waals surface area contributed by atoms with Crippen molar-refractivity contribution in [3.8, 4) is 0 Å². The number of nitrogens with one attached hydrogen (secondary N) is 1. The molecule has 0 saturated carbocycles. The van der Waals surface area contributed by atoms with E-state index in [1.54, 1.807) is 35.5 Å². The fraction of sp³-hybridized carbons (Fsp3) is 0.174. The number of aromatic nitrogens is 1. The maximum Gasteiger partial charge on any atom is 0.255 e. The first-order valence-electron chi connectivity index (χ1n) is 9.42. The van der Waals surface area contributed by atoms with Gasteiger partial charge >= 0.3 is 0 Å². The largest absolute Gasteiger partial charge is 0.352 e. The number of rotatable bonds is 6. The second-order valence-electron chi connectivity index (χ2n) is 7.00. The lowest BCUT2D eigenvalue weighted by Gasteiger charge is -2.28. The number of carbonyl (C=O) groups is 2.